The van der Waals surface area contributed by atoms with Crippen molar-refractivity contribution in [3.05, 3.63) is 99.8 Å². The fourth-order valence-corrected chi connectivity index (χ4v) is 3.36. The van der Waals surface area contributed by atoms with Crippen LogP contribution in [-0.2, 0) is 6.54 Å². The monoisotopic (exact) mass is 435 g/mol. The van der Waals surface area contributed by atoms with Crippen molar-refractivity contribution >= 4 is 34.3 Å². The van der Waals surface area contributed by atoms with E-state index in [1.807, 2.05) is 40.4 Å². The molecule has 7 nitrogen and oxygen atoms in total. The minimum Gasteiger partial charge on any atom is -0.410 e. The number of carbonyl (C=O) groups is 1. The van der Waals surface area contributed by atoms with Crippen LogP contribution in [0.1, 0.15) is 5.56 Å². The van der Waals surface area contributed by atoms with Gasteiger partial charge in [0.1, 0.15) is 5.75 Å². The Morgan fingerprint density at radius 1 is 1.03 bits per heavy atom. The molecule has 1 heterocycles. The zero-order valence-corrected chi connectivity index (χ0v) is 17.0. The first-order chi connectivity index (χ1) is 15.0. The maximum absolute atomic E-state index is 13.0. The molecular weight excluding hydrogens is 418 g/mol. The van der Waals surface area contributed by atoms with Crippen LogP contribution in [0.5, 0.6) is 5.75 Å². The Balaban J connectivity index is 1.61. The van der Waals surface area contributed by atoms with Gasteiger partial charge in [-0.1, -0.05) is 29.8 Å². The highest BCUT2D eigenvalue weighted by molar-refractivity contribution is 6.31. The lowest BCUT2D eigenvalue weighted by atomic mass is 10.1. The second kappa shape index (κ2) is 8.91. The zero-order valence-electron chi connectivity index (χ0n) is 16.2. The lowest BCUT2D eigenvalue weighted by Gasteiger charge is -2.14. The van der Waals surface area contributed by atoms with Crippen LogP contribution in [0.2, 0.25) is 5.02 Å². The minimum absolute atomic E-state index is 0.0145. The van der Waals surface area contributed by atoms with Crippen molar-refractivity contribution < 1.29 is 14.7 Å². The molecule has 4 rings (SSSR count). The largest absolute Gasteiger partial charge is 0.412 e. The number of hydrogen-bond acceptors (Lipinski definition) is 5. The van der Waals surface area contributed by atoms with E-state index < -0.39 is 6.09 Å². The van der Waals surface area contributed by atoms with Gasteiger partial charge in [0.2, 0.25) is 0 Å². The zero-order chi connectivity index (χ0) is 21.8. The fourth-order valence-electron chi connectivity index (χ4n) is 3.19. The van der Waals surface area contributed by atoms with Gasteiger partial charge in [-0.3, -0.25) is 15.5 Å². The van der Waals surface area contributed by atoms with E-state index in [2.05, 4.69) is 5.32 Å². The third-order valence-electron chi connectivity index (χ3n) is 4.69. The molecule has 0 atom stereocenters. The summed E-state index contributed by atoms with van der Waals surface area (Å²) < 4.78 is 7.07. The highest BCUT2D eigenvalue weighted by atomic mass is 35.5. The highest BCUT2D eigenvalue weighted by Gasteiger charge is 2.13. The number of ether oxygens (including phenoxy) is 1. The van der Waals surface area contributed by atoms with E-state index in [9.17, 15) is 9.59 Å². The average Bonchev–Trinajstić information content (AvgIpc) is 2.79. The topological polar surface area (TPSA) is 92.6 Å². The molecule has 0 saturated heterocycles. The molecule has 0 bridgehead atoms. The summed E-state index contributed by atoms with van der Waals surface area (Å²) in [7, 11) is 0. The molecule has 8 heteroatoms. The number of benzene rings is 3. The molecule has 1 aromatic heterocycles. The van der Waals surface area contributed by atoms with Crippen LogP contribution >= 0.6 is 11.6 Å². The molecule has 0 aliphatic rings. The second-order valence-electron chi connectivity index (χ2n) is 6.73. The van der Waals surface area contributed by atoms with E-state index >= 15 is 0 Å². The number of halogens is 1. The quantitative estimate of drug-likeness (QED) is 0.394. The van der Waals surface area contributed by atoms with Crippen LogP contribution in [-0.4, -0.2) is 15.9 Å². The Morgan fingerprint density at radius 3 is 2.48 bits per heavy atom. The van der Waals surface area contributed by atoms with Crippen LogP contribution in [0.25, 0.3) is 16.6 Å². The lowest BCUT2D eigenvalue weighted by molar-refractivity contribution is 0.200. The fraction of sp³-hybridized carbons (Fsp3) is 0.0435. The molecule has 1 amide bonds. The van der Waals surface area contributed by atoms with E-state index in [1.54, 1.807) is 36.5 Å². The van der Waals surface area contributed by atoms with Crippen molar-refractivity contribution in [3.8, 4) is 11.4 Å². The van der Waals surface area contributed by atoms with Crippen LogP contribution in [0.15, 0.2) is 83.8 Å². The number of carbonyl (C=O) groups excluding carboxylic acids is 1. The van der Waals surface area contributed by atoms with Crippen molar-refractivity contribution in [2.75, 3.05) is 5.48 Å². The van der Waals surface area contributed by atoms with Crippen molar-refractivity contribution in [1.29, 1.82) is 0 Å². The summed E-state index contributed by atoms with van der Waals surface area (Å²) in [6.45, 7) is -0.0145. The predicted octanol–water partition coefficient (Wildman–Crippen LogP) is 4.73. The summed E-state index contributed by atoms with van der Waals surface area (Å²) in [5.41, 5.74) is 4.19. The van der Waals surface area contributed by atoms with Gasteiger partial charge in [0.25, 0.3) is 0 Å². The molecule has 0 radical (unpaired) electrons. The normalized spacial score (nSPS) is 10.6. The molecular formula is C23H18ClN3O4. The Morgan fingerprint density at radius 2 is 1.77 bits per heavy atom. The predicted molar refractivity (Wildman–Crippen MR) is 119 cm³/mol. The molecule has 4 aromatic rings. The van der Waals surface area contributed by atoms with Gasteiger partial charge in [-0.15, -0.1) is 0 Å². The number of aromatic nitrogens is 1. The summed E-state index contributed by atoms with van der Waals surface area (Å²) in [5.74, 6) is 0.298. The standard InChI is InChI=1S/C23H18ClN3O4/c24-16-6-11-20-21(12-16)27(18-4-2-1-3-5-18)14-15(22(20)28)13-25-23(29)31-19-9-7-17(26-30)8-10-19/h1-12,14,26,30H,13H2,(H,25,29). The number of fused-ring (bicyclic) bond motifs is 1. The second-order valence-corrected chi connectivity index (χ2v) is 7.17. The maximum Gasteiger partial charge on any atom is 0.412 e. The summed E-state index contributed by atoms with van der Waals surface area (Å²) in [5, 5.41) is 12.5. The van der Waals surface area contributed by atoms with E-state index in [1.165, 1.54) is 12.1 Å². The van der Waals surface area contributed by atoms with Gasteiger partial charge < -0.3 is 14.6 Å². The van der Waals surface area contributed by atoms with Gasteiger partial charge in [-0.25, -0.2) is 4.79 Å². The third kappa shape index (κ3) is 4.53. The van der Waals surface area contributed by atoms with E-state index in [0.29, 0.717) is 32.9 Å². The Labute approximate surface area is 182 Å². The number of anilines is 1. The Bertz CT molecular complexity index is 1290. The van der Waals surface area contributed by atoms with E-state index in [-0.39, 0.29) is 12.0 Å². The smallest absolute Gasteiger partial charge is 0.410 e. The molecule has 31 heavy (non-hydrogen) atoms. The van der Waals surface area contributed by atoms with Gasteiger partial charge in [-0.2, -0.15) is 0 Å². The van der Waals surface area contributed by atoms with Crippen molar-refractivity contribution in [1.82, 2.24) is 9.88 Å². The first-order valence-electron chi connectivity index (χ1n) is 9.40. The average molecular weight is 436 g/mol. The summed E-state index contributed by atoms with van der Waals surface area (Å²) >= 11 is 6.16. The molecule has 156 valence electrons. The first-order valence-corrected chi connectivity index (χ1v) is 9.78. The number of nitrogens with zero attached hydrogens (tertiary/aromatic N) is 1. The number of para-hydroxylation sites is 1. The minimum atomic E-state index is -0.702. The van der Waals surface area contributed by atoms with Gasteiger partial charge in [-0.05, 0) is 54.6 Å². The van der Waals surface area contributed by atoms with E-state index in [4.69, 9.17) is 21.5 Å². The molecule has 3 aromatic carbocycles. The SMILES string of the molecule is O=C(NCc1cn(-c2ccccc2)c2cc(Cl)ccc2c1=O)Oc1ccc(NO)cc1. The first kappa shape index (κ1) is 20.5. The number of hydrogen-bond donors (Lipinski definition) is 3. The van der Waals surface area contributed by atoms with Gasteiger partial charge in [0.05, 0.1) is 17.7 Å². The molecule has 0 aliphatic carbocycles. The van der Waals surface area contributed by atoms with Crippen LogP contribution in [0.4, 0.5) is 10.5 Å². The van der Waals surface area contributed by atoms with Crippen molar-refractivity contribution in [2.45, 2.75) is 6.54 Å². The number of amides is 1. The molecule has 0 aliphatic heterocycles. The summed E-state index contributed by atoms with van der Waals surface area (Å²) in [4.78, 5) is 25.2. The van der Waals surface area contributed by atoms with Gasteiger partial charge >= 0.3 is 6.09 Å². The van der Waals surface area contributed by atoms with Gasteiger partial charge in [0, 0.05) is 27.9 Å². The number of nitrogens with one attached hydrogen (secondary N) is 2. The summed E-state index contributed by atoms with van der Waals surface area (Å²) in [6.07, 6.45) is 0.991. The summed E-state index contributed by atoms with van der Waals surface area (Å²) in [6, 6.07) is 20.8. The lowest BCUT2D eigenvalue weighted by Crippen LogP contribution is -2.29. The van der Waals surface area contributed by atoms with Crippen molar-refractivity contribution in [2.24, 2.45) is 0 Å². The molecule has 0 unspecified atom stereocenters. The number of rotatable bonds is 5. The maximum atomic E-state index is 13.0. The number of pyridine rings is 1. The highest BCUT2D eigenvalue weighted by Crippen LogP contribution is 2.21. The van der Waals surface area contributed by atoms with Crippen LogP contribution in [0.3, 0.4) is 0 Å². The van der Waals surface area contributed by atoms with Gasteiger partial charge in [0.15, 0.2) is 5.43 Å². The molecule has 3 N–H and O–H groups in total. The van der Waals surface area contributed by atoms with E-state index in [0.717, 1.165) is 5.69 Å². The van der Waals surface area contributed by atoms with Crippen molar-refractivity contribution in [3.63, 3.8) is 0 Å². The van der Waals surface area contributed by atoms with Crippen LogP contribution < -0.4 is 21.0 Å². The van der Waals surface area contributed by atoms with Crippen LogP contribution in [0, 0.1) is 0 Å². The third-order valence-corrected chi connectivity index (χ3v) is 4.93. The Hall–Kier alpha value is -3.81. The molecule has 0 fully saturated rings. The molecule has 0 saturated carbocycles. The Kier molecular flexibility index (Phi) is 5.88. The molecule has 0 spiro atoms.